The summed E-state index contributed by atoms with van der Waals surface area (Å²) in [6, 6.07) is 8.55. The fourth-order valence-corrected chi connectivity index (χ4v) is 2.20. The minimum absolute atomic E-state index is 0.223. The first-order valence-corrected chi connectivity index (χ1v) is 5.09. The highest BCUT2D eigenvalue weighted by Gasteiger charge is 2.21. The van der Waals surface area contributed by atoms with Gasteiger partial charge in [0, 0.05) is 28.4 Å². The minimum atomic E-state index is 0.223. The maximum absolute atomic E-state index is 5.88. The van der Waals surface area contributed by atoms with Crippen molar-refractivity contribution in [2.24, 2.45) is 5.84 Å². The number of fused-ring (bicyclic) bond motifs is 3. The molecular formula is C12H13N3. The third kappa shape index (κ3) is 1.10. The van der Waals surface area contributed by atoms with Crippen LogP contribution in [0.15, 0.2) is 30.5 Å². The standard InChI is InChI=1S/C12H13N3/c1-8-12-9-4-2-3-5-10(9)14-11(12)6-7-15(8)13/h2-8,14H,13H2,1H3. The van der Waals surface area contributed by atoms with E-state index in [-0.39, 0.29) is 6.04 Å². The number of nitrogens with two attached hydrogens (primary N) is 1. The van der Waals surface area contributed by atoms with Crippen molar-refractivity contribution in [2.45, 2.75) is 13.0 Å². The maximum Gasteiger partial charge on any atom is 0.0693 e. The van der Waals surface area contributed by atoms with E-state index in [9.17, 15) is 0 Å². The van der Waals surface area contributed by atoms with Gasteiger partial charge in [-0.25, -0.2) is 5.84 Å². The van der Waals surface area contributed by atoms with Gasteiger partial charge in [0.05, 0.1) is 6.04 Å². The van der Waals surface area contributed by atoms with Crippen LogP contribution in [0.4, 0.5) is 0 Å². The van der Waals surface area contributed by atoms with E-state index in [1.54, 1.807) is 5.01 Å². The molecule has 1 aromatic heterocycles. The number of nitrogens with zero attached hydrogens (tertiary/aromatic N) is 1. The van der Waals surface area contributed by atoms with Crippen LogP contribution < -0.4 is 5.84 Å². The molecule has 1 aliphatic rings. The molecule has 1 atom stereocenters. The summed E-state index contributed by atoms with van der Waals surface area (Å²) in [5, 5.41) is 3.00. The highest BCUT2D eigenvalue weighted by atomic mass is 15.4. The average Bonchev–Trinajstić information content (AvgIpc) is 2.62. The number of para-hydroxylation sites is 1. The first kappa shape index (κ1) is 8.56. The average molecular weight is 199 g/mol. The van der Waals surface area contributed by atoms with Gasteiger partial charge in [0.1, 0.15) is 0 Å². The van der Waals surface area contributed by atoms with E-state index in [1.807, 2.05) is 18.3 Å². The van der Waals surface area contributed by atoms with Crippen molar-refractivity contribution in [3.63, 3.8) is 0 Å². The number of rotatable bonds is 0. The molecule has 3 nitrogen and oxygen atoms in total. The largest absolute Gasteiger partial charge is 0.355 e. The Labute approximate surface area is 88.2 Å². The van der Waals surface area contributed by atoms with E-state index in [4.69, 9.17) is 5.84 Å². The molecule has 0 saturated carbocycles. The smallest absolute Gasteiger partial charge is 0.0693 e. The van der Waals surface area contributed by atoms with Crippen molar-refractivity contribution in [1.82, 2.24) is 9.99 Å². The molecule has 0 amide bonds. The Morgan fingerprint density at radius 1 is 1.33 bits per heavy atom. The predicted molar refractivity (Wildman–Crippen MR) is 61.8 cm³/mol. The highest BCUT2D eigenvalue weighted by molar-refractivity contribution is 5.88. The van der Waals surface area contributed by atoms with E-state index < -0.39 is 0 Å². The van der Waals surface area contributed by atoms with Crippen molar-refractivity contribution < 1.29 is 0 Å². The summed E-state index contributed by atoms with van der Waals surface area (Å²) in [6.07, 6.45) is 3.93. The number of H-pyrrole nitrogens is 1. The van der Waals surface area contributed by atoms with Gasteiger partial charge >= 0.3 is 0 Å². The molecular weight excluding hydrogens is 186 g/mol. The van der Waals surface area contributed by atoms with E-state index in [0.29, 0.717) is 0 Å². The first-order chi connectivity index (χ1) is 7.27. The summed E-state index contributed by atoms with van der Waals surface area (Å²) in [6.45, 7) is 2.11. The van der Waals surface area contributed by atoms with Crippen molar-refractivity contribution in [3.8, 4) is 0 Å². The zero-order valence-corrected chi connectivity index (χ0v) is 8.57. The summed E-state index contributed by atoms with van der Waals surface area (Å²) in [7, 11) is 0. The molecule has 1 aliphatic heterocycles. The minimum Gasteiger partial charge on any atom is -0.355 e. The van der Waals surface area contributed by atoms with Crippen LogP contribution in [0.5, 0.6) is 0 Å². The Morgan fingerprint density at radius 2 is 2.13 bits per heavy atom. The SMILES string of the molecule is CC1c2c([nH]c3ccccc23)C=CN1N. The van der Waals surface area contributed by atoms with E-state index in [1.165, 1.54) is 22.2 Å². The molecule has 0 saturated heterocycles. The lowest BCUT2D eigenvalue weighted by atomic mass is 10.0. The number of hydrogen-bond donors (Lipinski definition) is 2. The molecule has 0 radical (unpaired) electrons. The van der Waals surface area contributed by atoms with Gasteiger partial charge in [0.2, 0.25) is 0 Å². The van der Waals surface area contributed by atoms with Crippen LogP contribution >= 0.6 is 0 Å². The second-order valence-electron chi connectivity index (χ2n) is 3.94. The molecule has 2 aromatic rings. The predicted octanol–water partition coefficient (Wildman–Crippen LogP) is 2.39. The number of aromatic nitrogens is 1. The van der Waals surface area contributed by atoms with Crippen LogP contribution in [0.25, 0.3) is 17.0 Å². The fourth-order valence-electron chi connectivity index (χ4n) is 2.20. The van der Waals surface area contributed by atoms with Gasteiger partial charge in [-0.3, -0.25) is 0 Å². The first-order valence-electron chi connectivity index (χ1n) is 5.09. The number of benzene rings is 1. The molecule has 0 bridgehead atoms. The third-order valence-electron chi connectivity index (χ3n) is 3.06. The fraction of sp³-hybridized carbons (Fsp3) is 0.167. The van der Waals surface area contributed by atoms with Crippen molar-refractivity contribution in [2.75, 3.05) is 0 Å². The zero-order chi connectivity index (χ0) is 10.4. The van der Waals surface area contributed by atoms with Gasteiger partial charge < -0.3 is 9.99 Å². The van der Waals surface area contributed by atoms with Crippen LogP contribution in [-0.2, 0) is 0 Å². The Hall–Kier alpha value is -1.74. The van der Waals surface area contributed by atoms with Gasteiger partial charge in [-0.15, -0.1) is 0 Å². The zero-order valence-electron chi connectivity index (χ0n) is 8.57. The van der Waals surface area contributed by atoms with E-state index >= 15 is 0 Å². The van der Waals surface area contributed by atoms with Crippen molar-refractivity contribution in [1.29, 1.82) is 0 Å². The van der Waals surface area contributed by atoms with E-state index in [0.717, 1.165) is 0 Å². The monoisotopic (exact) mass is 199 g/mol. The highest BCUT2D eigenvalue weighted by Crippen LogP contribution is 2.33. The number of nitrogens with one attached hydrogen (secondary N) is 1. The molecule has 76 valence electrons. The van der Waals surface area contributed by atoms with Gasteiger partial charge in [-0.05, 0) is 19.1 Å². The lowest BCUT2D eigenvalue weighted by Crippen LogP contribution is -2.30. The summed E-state index contributed by atoms with van der Waals surface area (Å²) in [5.41, 5.74) is 3.63. The quantitative estimate of drug-likeness (QED) is 0.640. The summed E-state index contributed by atoms with van der Waals surface area (Å²) in [4.78, 5) is 3.40. The summed E-state index contributed by atoms with van der Waals surface area (Å²) in [5.74, 6) is 5.88. The number of hydrazine groups is 1. The molecule has 3 heteroatoms. The van der Waals surface area contributed by atoms with Crippen LogP contribution in [-0.4, -0.2) is 9.99 Å². The van der Waals surface area contributed by atoms with Crippen molar-refractivity contribution in [3.05, 3.63) is 41.7 Å². The van der Waals surface area contributed by atoms with Gasteiger partial charge in [0.25, 0.3) is 0 Å². The molecule has 0 aliphatic carbocycles. The lowest BCUT2D eigenvalue weighted by Gasteiger charge is -2.26. The summed E-state index contributed by atoms with van der Waals surface area (Å²) >= 11 is 0. The number of aromatic amines is 1. The van der Waals surface area contributed by atoms with Crippen LogP contribution in [0, 0.1) is 0 Å². The van der Waals surface area contributed by atoms with E-state index in [2.05, 4.69) is 30.1 Å². The number of hydrogen-bond acceptors (Lipinski definition) is 2. The topological polar surface area (TPSA) is 45.0 Å². The Kier molecular flexibility index (Phi) is 1.64. The molecule has 0 spiro atoms. The van der Waals surface area contributed by atoms with Gasteiger partial charge in [-0.2, -0.15) is 0 Å². The molecule has 0 fully saturated rings. The van der Waals surface area contributed by atoms with Crippen LogP contribution in [0.2, 0.25) is 0 Å². The molecule has 1 unspecified atom stereocenters. The Balaban J connectivity index is 2.35. The normalized spacial score (nSPS) is 19.6. The molecule has 3 rings (SSSR count). The lowest BCUT2D eigenvalue weighted by molar-refractivity contribution is 0.308. The summed E-state index contributed by atoms with van der Waals surface area (Å²) < 4.78 is 0. The van der Waals surface area contributed by atoms with Crippen LogP contribution in [0.1, 0.15) is 24.2 Å². The Bertz CT molecular complexity index is 539. The second kappa shape index (κ2) is 2.87. The van der Waals surface area contributed by atoms with Gasteiger partial charge in [-0.1, -0.05) is 18.2 Å². The van der Waals surface area contributed by atoms with Crippen LogP contribution in [0.3, 0.4) is 0 Å². The van der Waals surface area contributed by atoms with Crippen molar-refractivity contribution >= 4 is 17.0 Å². The molecule has 15 heavy (non-hydrogen) atoms. The second-order valence-corrected chi connectivity index (χ2v) is 3.94. The molecule has 2 heterocycles. The molecule has 1 aromatic carbocycles. The third-order valence-corrected chi connectivity index (χ3v) is 3.06. The molecule has 3 N–H and O–H groups in total. The Morgan fingerprint density at radius 3 is 3.00 bits per heavy atom. The van der Waals surface area contributed by atoms with Gasteiger partial charge in [0.15, 0.2) is 0 Å². The maximum atomic E-state index is 5.88.